The molecule has 2 aromatic carbocycles. The molecule has 0 saturated carbocycles. The summed E-state index contributed by atoms with van der Waals surface area (Å²) in [6.45, 7) is 0. The summed E-state index contributed by atoms with van der Waals surface area (Å²) in [6.07, 6.45) is 2.79. The average molecular weight is 536 g/mol. The van der Waals surface area contributed by atoms with Gasteiger partial charge in [0, 0.05) is 35.3 Å². The first kappa shape index (κ1) is 24.4. The molecule has 0 unspecified atom stereocenters. The zero-order valence-corrected chi connectivity index (χ0v) is 21.1. The number of nitro groups is 1. The maximum absolute atomic E-state index is 11.6. The van der Waals surface area contributed by atoms with Crippen LogP contribution < -0.4 is 14.9 Å². The number of hydrogen-bond acceptors (Lipinski definition) is 7. The molecule has 1 aliphatic heterocycles. The SMILES string of the molecule is CS(=O)(=O)Nc1ccc(N2C(=S)N[C@@H](c3ccccn3)[C@H]2c2ccc(-c3ccc([N+](=O)[O-])cc3)o2)cc1. The van der Waals surface area contributed by atoms with Crippen LogP contribution in [0.2, 0.25) is 0 Å². The summed E-state index contributed by atoms with van der Waals surface area (Å²) >= 11 is 5.71. The summed E-state index contributed by atoms with van der Waals surface area (Å²) in [5.41, 5.74) is 2.62. The number of furan rings is 1. The smallest absolute Gasteiger partial charge is 0.269 e. The number of benzene rings is 2. The van der Waals surface area contributed by atoms with Crippen molar-refractivity contribution >= 4 is 44.4 Å². The molecule has 0 spiro atoms. The van der Waals surface area contributed by atoms with Gasteiger partial charge in [0.25, 0.3) is 5.69 Å². The van der Waals surface area contributed by atoms with Crippen LogP contribution in [0.3, 0.4) is 0 Å². The van der Waals surface area contributed by atoms with Gasteiger partial charge < -0.3 is 14.6 Å². The van der Waals surface area contributed by atoms with Crippen molar-refractivity contribution in [2.75, 3.05) is 15.9 Å². The Hall–Kier alpha value is -4.29. The predicted molar refractivity (Wildman–Crippen MR) is 144 cm³/mol. The van der Waals surface area contributed by atoms with Crippen LogP contribution in [0.4, 0.5) is 17.1 Å². The van der Waals surface area contributed by atoms with Gasteiger partial charge in [-0.1, -0.05) is 6.07 Å². The van der Waals surface area contributed by atoms with Crippen LogP contribution in [0.5, 0.6) is 0 Å². The van der Waals surface area contributed by atoms with Crippen molar-refractivity contribution in [2.45, 2.75) is 12.1 Å². The quantitative estimate of drug-likeness (QED) is 0.195. The highest BCUT2D eigenvalue weighted by atomic mass is 32.2. The fraction of sp³-hybridized carbons (Fsp3) is 0.120. The largest absolute Gasteiger partial charge is 0.459 e. The lowest BCUT2D eigenvalue weighted by molar-refractivity contribution is -0.384. The first-order valence-corrected chi connectivity index (χ1v) is 13.4. The van der Waals surface area contributed by atoms with Gasteiger partial charge in [-0.3, -0.25) is 19.8 Å². The molecule has 2 N–H and O–H groups in total. The Morgan fingerprint density at radius 1 is 1.05 bits per heavy atom. The van der Waals surface area contributed by atoms with Gasteiger partial charge in [-0.15, -0.1) is 0 Å². The molecular formula is C25H21N5O5S2. The number of aromatic nitrogens is 1. The van der Waals surface area contributed by atoms with E-state index in [-0.39, 0.29) is 11.7 Å². The Labute approximate surface area is 218 Å². The fourth-order valence-corrected chi connectivity index (χ4v) is 5.15. The monoisotopic (exact) mass is 535 g/mol. The van der Waals surface area contributed by atoms with Crippen LogP contribution in [-0.4, -0.2) is 29.7 Å². The zero-order chi connectivity index (χ0) is 26.2. The molecule has 1 aliphatic rings. The minimum atomic E-state index is -3.41. The van der Waals surface area contributed by atoms with Gasteiger partial charge in [0.1, 0.15) is 17.6 Å². The fourth-order valence-electron chi connectivity index (χ4n) is 4.24. The third-order valence-electron chi connectivity index (χ3n) is 5.83. The van der Waals surface area contributed by atoms with E-state index in [0.29, 0.717) is 27.9 Å². The van der Waals surface area contributed by atoms with E-state index in [0.717, 1.165) is 17.6 Å². The van der Waals surface area contributed by atoms with Crippen molar-refractivity contribution < 1.29 is 17.8 Å². The highest BCUT2D eigenvalue weighted by Crippen LogP contribution is 2.43. The summed E-state index contributed by atoms with van der Waals surface area (Å²) in [5, 5.41) is 14.8. The van der Waals surface area contributed by atoms with E-state index >= 15 is 0 Å². The summed E-state index contributed by atoms with van der Waals surface area (Å²) in [5.74, 6) is 1.16. The molecule has 0 radical (unpaired) electrons. The van der Waals surface area contributed by atoms with Crippen LogP contribution in [0.1, 0.15) is 23.5 Å². The molecule has 2 atom stereocenters. The van der Waals surface area contributed by atoms with Gasteiger partial charge in [-0.25, -0.2) is 8.42 Å². The molecule has 0 aliphatic carbocycles. The van der Waals surface area contributed by atoms with Crippen molar-refractivity contribution in [1.82, 2.24) is 10.3 Å². The van der Waals surface area contributed by atoms with Crippen molar-refractivity contribution in [3.8, 4) is 11.3 Å². The number of thiocarbonyl (C=S) groups is 1. The molecule has 2 aromatic heterocycles. The van der Waals surface area contributed by atoms with Crippen molar-refractivity contribution in [1.29, 1.82) is 0 Å². The lowest BCUT2D eigenvalue weighted by Crippen LogP contribution is -2.29. The number of non-ortho nitro benzene ring substituents is 1. The number of nitrogens with zero attached hydrogens (tertiary/aromatic N) is 3. The van der Waals surface area contributed by atoms with E-state index in [1.165, 1.54) is 12.1 Å². The minimum absolute atomic E-state index is 0.00364. The van der Waals surface area contributed by atoms with Crippen LogP contribution >= 0.6 is 12.2 Å². The predicted octanol–water partition coefficient (Wildman–Crippen LogP) is 4.80. The van der Waals surface area contributed by atoms with E-state index in [1.54, 1.807) is 42.6 Å². The number of hydrogen-bond donors (Lipinski definition) is 2. The maximum atomic E-state index is 11.6. The average Bonchev–Trinajstić information content (AvgIpc) is 3.49. The normalized spacial score (nSPS) is 17.4. The lowest BCUT2D eigenvalue weighted by atomic mass is 10.0. The van der Waals surface area contributed by atoms with Crippen molar-refractivity contribution in [2.24, 2.45) is 0 Å². The summed E-state index contributed by atoms with van der Waals surface area (Å²) < 4.78 is 31.9. The van der Waals surface area contributed by atoms with Crippen LogP contribution in [0, 0.1) is 10.1 Å². The number of sulfonamides is 1. The van der Waals surface area contributed by atoms with Gasteiger partial charge in [0.2, 0.25) is 10.0 Å². The standard InChI is InChI=1S/C25H21N5O5S2/c1-37(33,34)28-17-7-11-18(12-8-17)29-24(23(27-25(29)36)20-4-2-3-15-26-20)22-14-13-21(35-22)16-5-9-19(10-6-16)30(31)32/h2-15,23-24,28H,1H3,(H,27,36)/t23-,24+/m0/s1. The zero-order valence-electron chi connectivity index (χ0n) is 19.4. The third kappa shape index (κ3) is 5.15. The molecule has 4 aromatic rings. The minimum Gasteiger partial charge on any atom is -0.459 e. The summed E-state index contributed by atoms with van der Waals surface area (Å²) in [4.78, 5) is 17.0. The molecule has 12 heteroatoms. The van der Waals surface area contributed by atoms with Crippen molar-refractivity contribution in [3.63, 3.8) is 0 Å². The van der Waals surface area contributed by atoms with Crippen molar-refractivity contribution in [3.05, 3.63) is 107 Å². The number of nitro benzene ring substituents is 1. The highest BCUT2D eigenvalue weighted by molar-refractivity contribution is 7.92. The molecule has 37 heavy (non-hydrogen) atoms. The molecule has 1 fully saturated rings. The van der Waals surface area contributed by atoms with E-state index in [9.17, 15) is 18.5 Å². The first-order valence-electron chi connectivity index (χ1n) is 11.1. The molecule has 188 valence electrons. The van der Waals surface area contributed by atoms with Crippen LogP contribution in [0.25, 0.3) is 11.3 Å². The van der Waals surface area contributed by atoms with Crippen LogP contribution in [-0.2, 0) is 10.0 Å². The Morgan fingerprint density at radius 3 is 2.41 bits per heavy atom. The summed E-state index contributed by atoms with van der Waals surface area (Å²) in [7, 11) is -3.41. The molecule has 0 amide bonds. The Kier molecular flexibility index (Phi) is 6.36. The van der Waals surface area contributed by atoms with Gasteiger partial charge in [0.05, 0.1) is 22.9 Å². The molecule has 10 nitrogen and oxygen atoms in total. The lowest BCUT2D eigenvalue weighted by Gasteiger charge is -2.26. The Bertz CT molecular complexity index is 1560. The number of anilines is 2. The maximum Gasteiger partial charge on any atom is 0.269 e. The van der Waals surface area contributed by atoms with E-state index in [1.807, 2.05) is 35.2 Å². The summed E-state index contributed by atoms with van der Waals surface area (Å²) in [6, 6.07) is 21.5. The number of rotatable bonds is 7. The van der Waals surface area contributed by atoms with E-state index in [2.05, 4.69) is 15.0 Å². The van der Waals surface area contributed by atoms with E-state index in [4.69, 9.17) is 16.6 Å². The van der Waals surface area contributed by atoms with E-state index < -0.39 is 21.0 Å². The second kappa shape index (κ2) is 9.64. The topological polar surface area (TPSA) is 131 Å². The molecule has 1 saturated heterocycles. The second-order valence-corrected chi connectivity index (χ2v) is 10.6. The second-order valence-electron chi connectivity index (χ2n) is 8.42. The number of pyridine rings is 1. The molecule has 3 heterocycles. The van der Waals surface area contributed by atoms with Gasteiger partial charge in [-0.2, -0.15) is 0 Å². The number of nitrogens with one attached hydrogen (secondary N) is 2. The van der Waals surface area contributed by atoms with Gasteiger partial charge >= 0.3 is 0 Å². The Morgan fingerprint density at radius 2 is 1.78 bits per heavy atom. The molecule has 0 bridgehead atoms. The molecule has 5 rings (SSSR count). The molecular weight excluding hydrogens is 514 g/mol. The Balaban J connectivity index is 1.53. The van der Waals surface area contributed by atoms with Crippen LogP contribution in [0.15, 0.2) is 89.5 Å². The highest BCUT2D eigenvalue weighted by Gasteiger charge is 2.42. The van der Waals surface area contributed by atoms with Gasteiger partial charge in [-0.05, 0) is 72.9 Å². The third-order valence-corrected chi connectivity index (χ3v) is 6.75. The first-order chi connectivity index (χ1) is 17.7. The van der Waals surface area contributed by atoms with Gasteiger partial charge in [0.15, 0.2) is 5.11 Å².